The Morgan fingerprint density at radius 3 is 2.88 bits per heavy atom. The number of hydrogen-bond donors (Lipinski definition) is 4. The first-order valence-electron chi connectivity index (χ1n) is 10.5. The number of aromatic nitrogens is 2. The van der Waals surface area contributed by atoms with E-state index in [1.54, 1.807) is 13.4 Å². The number of methoxy groups -OCH3 is 1. The lowest BCUT2D eigenvalue weighted by Crippen LogP contribution is -2.51. The predicted molar refractivity (Wildman–Crippen MR) is 121 cm³/mol. The molecule has 1 aliphatic heterocycles. The molecule has 9 heteroatoms. The van der Waals surface area contributed by atoms with Crippen LogP contribution in [0.25, 0.3) is 10.9 Å². The van der Waals surface area contributed by atoms with Gasteiger partial charge in [-0.2, -0.15) is 0 Å². The number of benzene rings is 2. The van der Waals surface area contributed by atoms with Gasteiger partial charge < -0.3 is 25.6 Å². The summed E-state index contributed by atoms with van der Waals surface area (Å²) in [7, 11) is 1.63. The van der Waals surface area contributed by atoms with Crippen molar-refractivity contribution in [3.05, 3.63) is 54.4 Å². The molecule has 3 aromatic rings. The van der Waals surface area contributed by atoms with Crippen molar-refractivity contribution in [3.63, 3.8) is 0 Å². The maximum Gasteiger partial charge on any atom is 0.404 e. The average Bonchev–Trinajstić information content (AvgIpc) is 2.80. The molecule has 4 rings (SSSR count). The van der Waals surface area contributed by atoms with E-state index in [-0.39, 0.29) is 18.6 Å². The van der Waals surface area contributed by atoms with Crippen LogP contribution in [0, 0.1) is 5.92 Å². The Morgan fingerprint density at radius 2 is 2.09 bits per heavy atom. The number of fused-ring (bicyclic) bond motifs is 1. The van der Waals surface area contributed by atoms with Crippen LogP contribution in [-0.4, -0.2) is 64.0 Å². The van der Waals surface area contributed by atoms with Crippen molar-refractivity contribution < 1.29 is 19.7 Å². The third-order valence-corrected chi connectivity index (χ3v) is 5.84. The molecule has 1 aromatic heterocycles. The van der Waals surface area contributed by atoms with Gasteiger partial charge in [0.25, 0.3) is 0 Å². The van der Waals surface area contributed by atoms with Crippen molar-refractivity contribution in [2.75, 3.05) is 32.1 Å². The molecule has 0 unspecified atom stereocenters. The van der Waals surface area contributed by atoms with E-state index < -0.39 is 6.09 Å². The highest BCUT2D eigenvalue weighted by molar-refractivity contribution is 5.93. The number of likely N-dealkylation sites (tertiary alicyclic amines) is 1. The second kappa shape index (κ2) is 9.80. The fourth-order valence-corrected chi connectivity index (χ4v) is 4.27. The zero-order chi connectivity index (χ0) is 22.5. The van der Waals surface area contributed by atoms with E-state index in [9.17, 15) is 9.90 Å². The highest BCUT2D eigenvalue weighted by atomic mass is 16.5. The van der Waals surface area contributed by atoms with Gasteiger partial charge in [-0.1, -0.05) is 18.2 Å². The molecule has 2 aromatic carbocycles. The van der Waals surface area contributed by atoms with Gasteiger partial charge in [-0.15, -0.1) is 0 Å². The molecule has 0 spiro atoms. The van der Waals surface area contributed by atoms with Gasteiger partial charge in [0.2, 0.25) is 0 Å². The minimum atomic E-state index is -1.05. The topological polar surface area (TPSA) is 120 Å². The number of nitrogens with zero attached hydrogens (tertiary/aromatic N) is 3. The minimum absolute atomic E-state index is 0.0667. The highest BCUT2D eigenvalue weighted by Gasteiger charge is 2.30. The Kier molecular flexibility index (Phi) is 6.67. The highest BCUT2D eigenvalue weighted by Crippen LogP contribution is 2.29. The van der Waals surface area contributed by atoms with Crippen molar-refractivity contribution in [3.8, 4) is 5.75 Å². The molecule has 0 radical (unpaired) electrons. The van der Waals surface area contributed by atoms with E-state index in [0.29, 0.717) is 25.3 Å². The molecule has 2 heterocycles. The van der Waals surface area contributed by atoms with E-state index in [1.807, 2.05) is 36.4 Å². The van der Waals surface area contributed by atoms with Gasteiger partial charge in [0, 0.05) is 55.3 Å². The van der Waals surface area contributed by atoms with Gasteiger partial charge in [-0.25, -0.2) is 14.8 Å². The normalized spacial score (nSPS) is 18.9. The molecule has 1 amide bonds. The largest absolute Gasteiger partial charge is 0.497 e. The Bertz CT molecular complexity index is 1090. The number of hydrogen-bond acceptors (Lipinski definition) is 7. The number of nitrogens with one attached hydrogen (secondary N) is 2. The van der Waals surface area contributed by atoms with Crippen molar-refractivity contribution >= 4 is 28.5 Å². The third-order valence-electron chi connectivity index (χ3n) is 5.84. The molecule has 1 saturated heterocycles. The van der Waals surface area contributed by atoms with Crippen LogP contribution in [0.15, 0.2) is 48.8 Å². The number of carbonyl (C=O) groups is 1. The van der Waals surface area contributed by atoms with Gasteiger partial charge in [0.15, 0.2) is 0 Å². The van der Waals surface area contributed by atoms with Crippen LogP contribution in [-0.2, 0) is 6.54 Å². The maximum atomic E-state index is 11.0. The van der Waals surface area contributed by atoms with Crippen molar-refractivity contribution in [2.45, 2.75) is 19.0 Å². The molecule has 1 fully saturated rings. The Hall–Kier alpha value is -3.43. The zero-order valence-electron chi connectivity index (χ0n) is 17.9. The van der Waals surface area contributed by atoms with E-state index in [0.717, 1.165) is 34.4 Å². The second-order valence-electron chi connectivity index (χ2n) is 7.91. The van der Waals surface area contributed by atoms with E-state index >= 15 is 0 Å². The number of piperidine rings is 1. The first kappa shape index (κ1) is 21.8. The number of rotatable bonds is 7. The van der Waals surface area contributed by atoms with Crippen LogP contribution in [0.3, 0.4) is 0 Å². The first-order valence-corrected chi connectivity index (χ1v) is 10.5. The van der Waals surface area contributed by atoms with Crippen LogP contribution < -0.4 is 15.4 Å². The van der Waals surface area contributed by atoms with E-state index in [4.69, 9.17) is 9.84 Å². The molecule has 9 nitrogen and oxygen atoms in total. The minimum Gasteiger partial charge on any atom is -0.497 e. The number of aliphatic hydroxyl groups excluding tert-OH is 1. The molecule has 0 saturated carbocycles. The SMILES string of the molecule is COc1cccc(Nc2ncnc3cccc(CN4CC[C@@H](NC(=O)O)[C@@H](CO)C4)c23)c1. The van der Waals surface area contributed by atoms with Crippen LogP contribution in [0.2, 0.25) is 0 Å². The summed E-state index contributed by atoms with van der Waals surface area (Å²) in [6.07, 6.45) is 1.13. The second-order valence-corrected chi connectivity index (χ2v) is 7.91. The van der Waals surface area contributed by atoms with Crippen molar-refractivity contribution in [1.82, 2.24) is 20.2 Å². The monoisotopic (exact) mass is 437 g/mol. The maximum absolute atomic E-state index is 11.0. The summed E-state index contributed by atoms with van der Waals surface area (Å²) in [5.41, 5.74) is 2.76. The van der Waals surface area contributed by atoms with E-state index in [1.165, 1.54) is 0 Å². The van der Waals surface area contributed by atoms with Crippen LogP contribution >= 0.6 is 0 Å². The standard InChI is InChI=1S/C23H27N5O4/c1-32-18-6-3-5-17(10-18)26-22-21-15(4-2-7-20(21)24-14-25-22)11-28-9-8-19(27-23(30)31)16(12-28)13-29/h2-7,10,14,16,19,27,29H,8-9,11-13H2,1H3,(H,30,31)(H,24,25,26)/t16-,19-/m1/s1. The fraction of sp³-hybridized carbons (Fsp3) is 0.348. The van der Waals surface area contributed by atoms with Crippen molar-refractivity contribution in [2.24, 2.45) is 5.92 Å². The van der Waals surface area contributed by atoms with Crippen LogP contribution in [0.1, 0.15) is 12.0 Å². The van der Waals surface area contributed by atoms with E-state index in [2.05, 4.69) is 31.6 Å². The number of ether oxygens (including phenoxy) is 1. The average molecular weight is 438 g/mol. The fourth-order valence-electron chi connectivity index (χ4n) is 4.27. The molecular formula is C23H27N5O4. The number of carboxylic acid groups (broad SMARTS) is 1. The summed E-state index contributed by atoms with van der Waals surface area (Å²) in [5, 5.41) is 25.7. The number of aliphatic hydroxyl groups is 1. The lowest BCUT2D eigenvalue weighted by atomic mass is 9.92. The quantitative estimate of drug-likeness (QED) is 0.445. The predicted octanol–water partition coefficient (Wildman–Crippen LogP) is 2.83. The number of anilines is 2. The van der Waals surface area contributed by atoms with Crippen LogP contribution in [0.5, 0.6) is 5.75 Å². The Labute approximate surface area is 186 Å². The summed E-state index contributed by atoms with van der Waals surface area (Å²) < 4.78 is 5.32. The number of amides is 1. The molecular weight excluding hydrogens is 410 g/mol. The lowest BCUT2D eigenvalue weighted by molar-refractivity contribution is 0.0841. The van der Waals surface area contributed by atoms with Crippen molar-refractivity contribution in [1.29, 1.82) is 0 Å². The molecule has 32 heavy (non-hydrogen) atoms. The molecule has 0 bridgehead atoms. The summed E-state index contributed by atoms with van der Waals surface area (Å²) in [6, 6.07) is 13.4. The van der Waals surface area contributed by atoms with Gasteiger partial charge in [0.05, 0.1) is 12.6 Å². The van der Waals surface area contributed by atoms with Gasteiger partial charge >= 0.3 is 6.09 Å². The smallest absolute Gasteiger partial charge is 0.404 e. The van der Waals surface area contributed by atoms with Gasteiger partial charge in [0.1, 0.15) is 17.9 Å². The summed E-state index contributed by atoms with van der Waals surface area (Å²) in [4.78, 5) is 22.2. The summed E-state index contributed by atoms with van der Waals surface area (Å²) >= 11 is 0. The summed E-state index contributed by atoms with van der Waals surface area (Å²) in [6.45, 7) is 1.91. The lowest BCUT2D eigenvalue weighted by Gasteiger charge is -2.37. The molecule has 168 valence electrons. The summed E-state index contributed by atoms with van der Waals surface area (Å²) in [5.74, 6) is 1.31. The Balaban J connectivity index is 1.59. The van der Waals surface area contributed by atoms with Crippen LogP contribution in [0.4, 0.5) is 16.3 Å². The zero-order valence-corrected chi connectivity index (χ0v) is 17.9. The molecule has 4 N–H and O–H groups in total. The first-order chi connectivity index (χ1) is 15.6. The molecule has 1 aliphatic rings. The Morgan fingerprint density at radius 1 is 1.25 bits per heavy atom. The molecule has 0 aliphatic carbocycles. The van der Waals surface area contributed by atoms with Gasteiger partial charge in [-0.3, -0.25) is 4.90 Å². The molecule has 2 atom stereocenters. The third kappa shape index (κ3) is 4.90. The van der Waals surface area contributed by atoms with Gasteiger partial charge in [-0.05, 0) is 30.2 Å².